The van der Waals surface area contributed by atoms with Crippen molar-refractivity contribution in [1.82, 2.24) is 0 Å². The molecule has 0 aliphatic carbocycles. The van der Waals surface area contributed by atoms with Crippen LogP contribution in [0.2, 0.25) is 0 Å². The second kappa shape index (κ2) is 7.82. The SMILES string of the molecule is C=CCCOC[B-](F)(F)F.[K+]. The summed E-state index contributed by atoms with van der Waals surface area (Å²) in [6, 6.07) is 0. The van der Waals surface area contributed by atoms with Crippen LogP contribution in [-0.4, -0.2) is 20.1 Å². The summed E-state index contributed by atoms with van der Waals surface area (Å²) in [5, 5.41) is 0. The molecule has 6 heteroatoms. The molecule has 0 spiro atoms. The van der Waals surface area contributed by atoms with E-state index < -0.39 is 13.5 Å². The maximum atomic E-state index is 11.4. The van der Waals surface area contributed by atoms with E-state index in [2.05, 4.69) is 11.3 Å². The van der Waals surface area contributed by atoms with Crippen molar-refractivity contribution in [1.29, 1.82) is 0 Å². The first-order chi connectivity index (χ1) is 4.56. The molecule has 1 nitrogen and oxygen atoms in total. The minimum Gasteiger partial charge on any atom is -0.447 e. The van der Waals surface area contributed by atoms with Crippen LogP contribution in [0.1, 0.15) is 6.42 Å². The van der Waals surface area contributed by atoms with Gasteiger partial charge in [-0.2, -0.15) is 0 Å². The second-order valence-corrected chi connectivity index (χ2v) is 1.86. The third-order valence-electron chi connectivity index (χ3n) is 0.773. The van der Waals surface area contributed by atoms with Crippen molar-refractivity contribution in [3.05, 3.63) is 12.7 Å². The summed E-state index contributed by atoms with van der Waals surface area (Å²) < 4.78 is 38.5. The van der Waals surface area contributed by atoms with E-state index in [9.17, 15) is 12.9 Å². The van der Waals surface area contributed by atoms with Crippen LogP contribution in [-0.2, 0) is 4.74 Å². The molecule has 0 aliphatic rings. The fourth-order valence-electron chi connectivity index (χ4n) is 0.384. The fraction of sp³-hybridized carbons (Fsp3) is 0.600. The Labute approximate surface area is 107 Å². The fourth-order valence-corrected chi connectivity index (χ4v) is 0.384. The molecule has 0 rings (SSSR count). The third kappa shape index (κ3) is 14.1. The van der Waals surface area contributed by atoms with Gasteiger partial charge in [0, 0.05) is 13.1 Å². The summed E-state index contributed by atoms with van der Waals surface area (Å²) in [6.45, 7) is -2.44. The number of hydrogen-bond acceptors (Lipinski definition) is 1. The van der Waals surface area contributed by atoms with Crippen LogP contribution in [0.3, 0.4) is 0 Å². The average Bonchev–Trinajstić information content (AvgIpc) is 1.78. The first-order valence-electron chi connectivity index (χ1n) is 2.96. The quantitative estimate of drug-likeness (QED) is 0.307. The monoisotopic (exact) mass is 192 g/mol. The normalized spacial score (nSPS) is 10.5. The molecule has 0 atom stereocenters. The predicted octanol–water partition coefficient (Wildman–Crippen LogP) is -1.03. The molecule has 0 bridgehead atoms. The van der Waals surface area contributed by atoms with Crippen molar-refractivity contribution in [2.45, 2.75) is 6.42 Å². The zero-order chi connectivity index (χ0) is 8.04. The largest absolute Gasteiger partial charge is 1.00 e. The van der Waals surface area contributed by atoms with Gasteiger partial charge in [-0.3, -0.25) is 0 Å². The molecule has 0 aromatic carbocycles. The standard InChI is InChI=1S/C5H9BF3O.K/c1-2-3-4-10-5-6(7,8)9;/h2H,1,3-5H2;/q-1;+1. The van der Waals surface area contributed by atoms with Crippen LogP contribution in [0.4, 0.5) is 12.9 Å². The van der Waals surface area contributed by atoms with Gasteiger partial charge < -0.3 is 17.7 Å². The van der Waals surface area contributed by atoms with Crippen molar-refractivity contribution >= 4 is 6.98 Å². The number of rotatable bonds is 5. The Balaban J connectivity index is 0. The molecule has 0 aromatic rings. The average molecular weight is 192 g/mol. The molecule has 0 amide bonds. The van der Waals surface area contributed by atoms with Gasteiger partial charge in [0.05, 0.1) is 0 Å². The smallest absolute Gasteiger partial charge is 0.447 e. The van der Waals surface area contributed by atoms with Crippen molar-refractivity contribution in [3.63, 3.8) is 0 Å². The molecule has 60 valence electrons. The third-order valence-corrected chi connectivity index (χ3v) is 0.773. The molecular weight excluding hydrogens is 183 g/mol. The van der Waals surface area contributed by atoms with Crippen molar-refractivity contribution in [2.24, 2.45) is 0 Å². The van der Waals surface area contributed by atoms with Gasteiger partial charge in [-0.1, -0.05) is 6.08 Å². The first kappa shape index (κ1) is 14.7. The minimum absolute atomic E-state index is 0. The Bertz CT molecular complexity index is 106. The Morgan fingerprint density at radius 1 is 1.36 bits per heavy atom. The molecule has 0 unspecified atom stereocenters. The van der Waals surface area contributed by atoms with E-state index >= 15 is 0 Å². The molecule has 0 saturated heterocycles. The van der Waals surface area contributed by atoms with Crippen LogP contribution in [0.15, 0.2) is 12.7 Å². The van der Waals surface area contributed by atoms with E-state index in [0.29, 0.717) is 6.42 Å². The molecule has 0 N–H and O–H groups in total. The first-order valence-corrected chi connectivity index (χ1v) is 2.96. The maximum absolute atomic E-state index is 11.4. The topological polar surface area (TPSA) is 9.23 Å². The summed E-state index contributed by atoms with van der Waals surface area (Å²) in [5.74, 6) is 0. The van der Waals surface area contributed by atoms with Gasteiger partial charge in [-0.25, -0.2) is 0 Å². The molecule has 0 heterocycles. The second-order valence-electron chi connectivity index (χ2n) is 1.86. The molecule has 0 aliphatic heterocycles. The van der Waals surface area contributed by atoms with Crippen LogP contribution in [0.5, 0.6) is 0 Å². The van der Waals surface area contributed by atoms with E-state index in [0.717, 1.165) is 0 Å². The van der Waals surface area contributed by atoms with E-state index in [1.54, 1.807) is 0 Å². The van der Waals surface area contributed by atoms with Gasteiger partial charge in [0.15, 0.2) is 0 Å². The summed E-state index contributed by atoms with van der Waals surface area (Å²) in [7, 11) is 0. The number of halogens is 3. The van der Waals surface area contributed by atoms with E-state index in [1.807, 2.05) is 0 Å². The van der Waals surface area contributed by atoms with Crippen molar-refractivity contribution in [2.75, 3.05) is 13.1 Å². The molecule has 0 aromatic heterocycles. The summed E-state index contributed by atoms with van der Waals surface area (Å²) in [4.78, 5) is 0. The summed E-state index contributed by atoms with van der Waals surface area (Å²) in [5.41, 5.74) is 0. The minimum atomic E-state index is -4.77. The Hall–Kier alpha value is 1.19. The van der Waals surface area contributed by atoms with Crippen LogP contribution >= 0.6 is 0 Å². The van der Waals surface area contributed by atoms with Gasteiger partial charge in [-0.05, 0) is 6.42 Å². The Morgan fingerprint density at radius 2 is 1.91 bits per heavy atom. The van der Waals surface area contributed by atoms with E-state index in [4.69, 9.17) is 0 Å². The summed E-state index contributed by atoms with van der Waals surface area (Å²) >= 11 is 0. The van der Waals surface area contributed by atoms with E-state index in [1.165, 1.54) is 6.08 Å². The molecule has 0 radical (unpaired) electrons. The molecule has 0 saturated carbocycles. The molecular formula is C5H9BF3KO. The van der Waals surface area contributed by atoms with Crippen LogP contribution < -0.4 is 51.4 Å². The van der Waals surface area contributed by atoms with Crippen molar-refractivity contribution in [3.8, 4) is 0 Å². The predicted molar refractivity (Wildman–Crippen MR) is 34.7 cm³/mol. The zero-order valence-corrected chi connectivity index (χ0v) is 9.65. The van der Waals surface area contributed by atoms with Gasteiger partial charge in [0.25, 0.3) is 0 Å². The van der Waals surface area contributed by atoms with Gasteiger partial charge in [0.2, 0.25) is 0 Å². The molecule has 11 heavy (non-hydrogen) atoms. The number of ether oxygens (including phenoxy) is 1. The Morgan fingerprint density at radius 3 is 2.27 bits per heavy atom. The van der Waals surface area contributed by atoms with Crippen molar-refractivity contribution < 1.29 is 69.1 Å². The van der Waals surface area contributed by atoms with Gasteiger partial charge >= 0.3 is 58.4 Å². The van der Waals surface area contributed by atoms with Crippen LogP contribution in [0.25, 0.3) is 0 Å². The molecule has 0 fully saturated rings. The number of hydrogen-bond donors (Lipinski definition) is 0. The maximum Gasteiger partial charge on any atom is 1.00 e. The van der Waals surface area contributed by atoms with Gasteiger partial charge in [-0.15, -0.1) is 6.58 Å². The van der Waals surface area contributed by atoms with Crippen LogP contribution in [0, 0.1) is 0 Å². The Kier molecular flexibility index (Phi) is 10.5. The summed E-state index contributed by atoms with van der Waals surface area (Å²) in [6.07, 6.45) is 1.98. The van der Waals surface area contributed by atoms with E-state index in [-0.39, 0.29) is 58.0 Å². The van der Waals surface area contributed by atoms with Gasteiger partial charge in [0.1, 0.15) is 0 Å². The zero-order valence-electron chi connectivity index (χ0n) is 6.53.